The maximum atomic E-state index is 6.45. The Morgan fingerprint density at radius 2 is 1.78 bits per heavy atom. The Morgan fingerprint density at radius 3 is 2.39 bits per heavy atom. The van der Waals surface area contributed by atoms with Gasteiger partial charge in [-0.2, -0.15) is 0 Å². The van der Waals surface area contributed by atoms with Crippen molar-refractivity contribution in [3.63, 3.8) is 0 Å². The van der Waals surface area contributed by atoms with Crippen LogP contribution in [0.4, 0.5) is 0 Å². The van der Waals surface area contributed by atoms with Crippen molar-refractivity contribution in [3.8, 4) is 0 Å². The molecule has 0 amide bonds. The molecule has 94 valence electrons. The lowest BCUT2D eigenvalue weighted by molar-refractivity contribution is 0.918. The zero-order valence-corrected chi connectivity index (χ0v) is 13.1. The molecule has 2 rings (SSSR count). The number of halogens is 3. The standard InChI is InChI=1S/C15H13BrCl2/c1-10-6-12(9-14(17)7-10)15(18)8-11-2-4-13(16)5-3-11/h2-7,9,15H,8H2,1H3. The summed E-state index contributed by atoms with van der Waals surface area (Å²) in [7, 11) is 0. The van der Waals surface area contributed by atoms with E-state index in [1.165, 1.54) is 5.56 Å². The Bertz CT molecular complexity index is 514. The van der Waals surface area contributed by atoms with Crippen LogP contribution in [0.3, 0.4) is 0 Å². The van der Waals surface area contributed by atoms with Crippen LogP contribution in [-0.2, 0) is 6.42 Å². The van der Waals surface area contributed by atoms with Crippen molar-refractivity contribution in [1.82, 2.24) is 0 Å². The summed E-state index contributed by atoms with van der Waals surface area (Å²) >= 11 is 15.9. The molecule has 18 heavy (non-hydrogen) atoms. The van der Waals surface area contributed by atoms with Gasteiger partial charge in [0.25, 0.3) is 0 Å². The van der Waals surface area contributed by atoms with Crippen LogP contribution >= 0.6 is 39.1 Å². The SMILES string of the molecule is Cc1cc(Cl)cc(C(Cl)Cc2ccc(Br)cc2)c1. The molecule has 0 saturated carbocycles. The average molecular weight is 344 g/mol. The van der Waals surface area contributed by atoms with Gasteiger partial charge < -0.3 is 0 Å². The summed E-state index contributed by atoms with van der Waals surface area (Å²) in [6.07, 6.45) is 0.800. The normalized spacial score (nSPS) is 12.4. The van der Waals surface area contributed by atoms with E-state index in [9.17, 15) is 0 Å². The first-order chi connectivity index (χ1) is 8.54. The van der Waals surface area contributed by atoms with Crippen molar-refractivity contribution >= 4 is 39.1 Å². The molecule has 0 nitrogen and oxygen atoms in total. The van der Waals surface area contributed by atoms with E-state index in [4.69, 9.17) is 23.2 Å². The molecule has 1 unspecified atom stereocenters. The van der Waals surface area contributed by atoms with E-state index >= 15 is 0 Å². The van der Waals surface area contributed by atoms with E-state index in [1.54, 1.807) is 0 Å². The minimum Gasteiger partial charge on any atom is -0.117 e. The number of rotatable bonds is 3. The van der Waals surface area contributed by atoms with Crippen LogP contribution in [0.2, 0.25) is 5.02 Å². The van der Waals surface area contributed by atoms with E-state index in [0.29, 0.717) is 0 Å². The topological polar surface area (TPSA) is 0 Å². The second-order valence-electron chi connectivity index (χ2n) is 4.36. The molecule has 0 radical (unpaired) electrons. The van der Waals surface area contributed by atoms with Crippen molar-refractivity contribution in [2.24, 2.45) is 0 Å². The third-order valence-corrected chi connectivity index (χ3v) is 3.91. The monoisotopic (exact) mass is 342 g/mol. The molecule has 3 heteroatoms. The molecular weight excluding hydrogens is 331 g/mol. The van der Waals surface area contributed by atoms with Gasteiger partial charge in [-0.25, -0.2) is 0 Å². The van der Waals surface area contributed by atoms with Crippen molar-refractivity contribution in [2.75, 3.05) is 0 Å². The first kappa shape index (κ1) is 13.9. The molecule has 0 heterocycles. The molecule has 0 spiro atoms. The molecule has 0 aliphatic heterocycles. The smallest absolute Gasteiger partial charge is 0.0626 e. The summed E-state index contributed by atoms with van der Waals surface area (Å²) < 4.78 is 1.08. The summed E-state index contributed by atoms with van der Waals surface area (Å²) in [4.78, 5) is 0. The summed E-state index contributed by atoms with van der Waals surface area (Å²) in [5, 5.41) is 0.690. The molecule has 0 aliphatic rings. The maximum absolute atomic E-state index is 6.45. The Balaban J connectivity index is 2.16. The largest absolute Gasteiger partial charge is 0.117 e. The Labute approximate surface area is 126 Å². The summed E-state index contributed by atoms with van der Waals surface area (Å²) in [6.45, 7) is 2.03. The van der Waals surface area contributed by atoms with E-state index in [2.05, 4.69) is 34.1 Å². The van der Waals surface area contributed by atoms with E-state index in [-0.39, 0.29) is 5.38 Å². The van der Waals surface area contributed by atoms with Gasteiger partial charge in [0.2, 0.25) is 0 Å². The molecule has 2 aromatic carbocycles. The quantitative estimate of drug-likeness (QED) is 0.605. The van der Waals surface area contributed by atoms with Crippen molar-refractivity contribution in [2.45, 2.75) is 18.7 Å². The van der Waals surface area contributed by atoms with Crippen LogP contribution in [0.25, 0.3) is 0 Å². The number of hydrogen-bond acceptors (Lipinski definition) is 0. The molecule has 0 bridgehead atoms. The lowest BCUT2D eigenvalue weighted by Crippen LogP contribution is -1.96. The van der Waals surface area contributed by atoms with Gasteiger partial charge in [0, 0.05) is 9.50 Å². The van der Waals surface area contributed by atoms with Crippen LogP contribution in [0.15, 0.2) is 46.9 Å². The van der Waals surface area contributed by atoms with E-state index in [0.717, 1.165) is 27.0 Å². The van der Waals surface area contributed by atoms with Crippen LogP contribution in [0, 0.1) is 6.92 Å². The Kier molecular flexibility index (Phi) is 4.71. The Morgan fingerprint density at radius 1 is 1.11 bits per heavy atom. The molecule has 0 fully saturated rings. The molecule has 0 saturated heterocycles. The number of alkyl halides is 1. The van der Waals surface area contributed by atoms with Crippen molar-refractivity contribution in [3.05, 3.63) is 68.7 Å². The second-order valence-corrected chi connectivity index (χ2v) is 6.24. The average Bonchev–Trinajstić information content (AvgIpc) is 2.31. The zero-order chi connectivity index (χ0) is 13.1. The lowest BCUT2D eigenvalue weighted by atomic mass is 10.0. The van der Waals surface area contributed by atoms with E-state index < -0.39 is 0 Å². The molecule has 1 atom stereocenters. The highest BCUT2D eigenvalue weighted by Gasteiger charge is 2.10. The highest BCUT2D eigenvalue weighted by molar-refractivity contribution is 9.10. The minimum atomic E-state index is -0.0522. The molecule has 0 aromatic heterocycles. The lowest BCUT2D eigenvalue weighted by Gasteiger charge is -2.11. The van der Waals surface area contributed by atoms with Crippen molar-refractivity contribution < 1.29 is 0 Å². The molecular formula is C15H13BrCl2. The van der Waals surface area contributed by atoms with Gasteiger partial charge in [-0.15, -0.1) is 11.6 Å². The molecule has 0 N–H and O–H groups in total. The number of hydrogen-bond donors (Lipinski definition) is 0. The summed E-state index contributed by atoms with van der Waals surface area (Å²) in [5.74, 6) is 0. The van der Waals surface area contributed by atoms with Gasteiger partial charge in [0.05, 0.1) is 5.38 Å². The van der Waals surface area contributed by atoms with Crippen LogP contribution in [-0.4, -0.2) is 0 Å². The summed E-state index contributed by atoms with van der Waals surface area (Å²) in [5.41, 5.74) is 3.43. The first-order valence-corrected chi connectivity index (χ1v) is 7.31. The summed E-state index contributed by atoms with van der Waals surface area (Å²) in [6, 6.07) is 14.2. The third-order valence-electron chi connectivity index (χ3n) is 2.75. The zero-order valence-electron chi connectivity index (χ0n) is 9.96. The fraction of sp³-hybridized carbons (Fsp3) is 0.200. The number of benzene rings is 2. The van der Waals surface area contributed by atoms with Gasteiger partial charge in [0.1, 0.15) is 0 Å². The van der Waals surface area contributed by atoms with Crippen LogP contribution in [0.5, 0.6) is 0 Å². The Hall–Kier alpha value is -0.500. The molecule has 2 aromatic rings. The van der Waals surface area contributed by atoms with Gasteiger partial charge in [-0.05, 0) is 54.3 Å². The van der Waals surface area contributed by atoms with Gasteiger partial charge >= 0.3 is 0 Å². The second kappa shape index (κ2) is 6.10. The number of aryl methyl sites for hydroxylation is 1. The van der Waals surface area contributed by atoms with Gasteiger partial charge in [-0.3, -0.25) is 0 Å². The maximum Gasteiger partial charge on any atom is 0.0626 e. The van der Waals surface area contributed by atoms with E-state index in [1.807, 2.05) is 31.2 Å². The molecule has 0 aliphatic carbocycles. The highest BCUT2D eigenvalue weighted by atomic mass is 79.9. The van der Waals surface area contributed by atoms with Crippen LogP contribution < -0.4 is 0 Å². The highest BCUT2D eigenvalue weighted by Crippen LogP contribution is 2.28. The predicted octanol–water partition coefficient (Wildman–Crippen LogP) is 5.93. The van der Waals surface area contributed by atoms with Gasteiger partial charge in [0.15, 0.2) is 0 Å². The fourth-order valence-corrected chi connectivity index (χ4v) is 2.76. The fourth-order valence-electron chi connectivity index (χ4n) is 1.89. The minimum absolute atomic E-state index is 0.0522. The van der Waals surface area contributed by atoms with Crippen molar-refractivity contribution in [1.29, 1.82) is 0 Å². The van der Waals surface area contributed by atoms with Gasteiger partial charge in [-0.1, -0.05) is 45.7 Å². The predicted molar refractivity (Wildman–Crippen MR) is 82.6 cm³/mol. The third kappa shape index (κ3) is 3.74. The van der Waals surface area contributed by atoms with Crippen LogP contribution in [0.1, 0.15) is 22.1 Å². The first-order valence-electron chi connectivity index (χ1n) is 5.70.